The average molecular weight is 497 g/mol. The Balaban J connectivity index is 1.47. The van der Waals surface area contributed by atoms with Crippen LogP contribution < -0.4 is 10.1 Å². The Morgan fingerprint density at radius 3 is 2.63 bits per heavy atom. The number of halogens is 2. The molecule has 0 spiro atoms. The fourth-order valence-corrected chi connectivity index (χ4v) is 4.10. The molecular formula is C26H26F2N4O2S. The third-order valence-corrected chi connectivity index (χ3v) is 5.98. The van der Waals surface area contributed by atoms with Crippen molar-refractivity contribution in [3.05, 3.63) is 72.2 Å². The van der Waals surface area contributed by atoms with Gasteiger partial charge in [0.2, 0.25) is 5.91 Å². The highest BCUT2D eigenvalue weighted by Gasteiger charge is 2.15. The van der Waals surface area contributed by atoms with Gasteiger partial charge in [0.05, 0.1) is 29.4 Å². The fraction of sp³-hybridized carbons (Fsp3) is 0.269. The molecule has 0 fully saturated rings. The molecule has 2 aromatic heterocycles. The predicted octanol–water partition coefficient (Wildman–Crippen LogP) is 6.78. The number of rotatable bonds is 7. The van der Waals surface area contributed by atoms with Crippen LogP contribution in [-0.4, -0.2) is 26.4 Å². The maximum absolute atomic E-state index is 12.8. The lowest BCUT2D eigenvalue weighted by Crippen LogP contribution is -2.22. The van der Waals surface area contributed by atoms with E-state index >= 15 is 0 Å². The highest BCUT2D eigenvalue weighted by atomic mass is 32.2. The molecule has 0 atom stereocenters. The minimum atomic E-state index is -2.50. The molecule has 0 unspecified atom stereocenters. The Morgan fingerprint density at radius 2 is 1.94 bits per heavy atom. The molecule has 4 aromatic rings. The second-order valence-electron chi connectivity index (χ2n) is 9.14. The number of pyridine rings is 1. The maximum atomic E-state index is 12.8. The van der Waals surface area contributed by atoms with Crippen LogP contribution in [0.4, 0.5) is 14.5 Å². The van der Waals surface area contributed by atoms with Gasteiger partial charge in [0.1, 0.15) is 11.5 Å². The van der Waals surface area contributed by atoms with Gasteiger partial charge in [-0.25, -0.2) is 0 Å². The third-order valence-electron chi connectivity index (χ3n) is 5.28. The molecule has 1 amide bonds. The lowest BCUT2D eigenvalue weighted by molar-refractivity contribution is -0.115. The van der Waals surface area contributed by atoms with Gasteiger partial charge in [-0.15, -0.1) is 0 Å². The number of nitrogens with one attached hydrogen (secondary N) is 1. The summed E-state index contributed by atoms with van der Waals surface area (Å²) in [5.74, 6) is -1.51. The number of benzene rings is 2. The molecule has 35 heavy (non-hydrogen) atoms. The van der Waals surface area contributed by atoms with E-state index in [1.54, 1.807) is 47.4 Å². The topological polar surface area (TPSA) is 69.0 Å². The van der Waals surface area contributed by atoms with E-state index in [1.165, 1.54) is 0 Å². The standard InChI is InChI=1S/C26H26F2N4O2S/c1-16-11-17(12-24(33)31-18-14-30-32(15-18)26(2,3)4)5-8-22(16)34-23-9-10-29-21-7-6-19(13-20(21)23)35-25(27)28/h5-11,13-15,25H,12H2,1-4H3,(H,31,33). The molecule has 0 aliphatic carbocycles. The van der Waals surface area contributed by atoms with Gasteiger partial charge in [-0.05, 0) is 69.2 Å². The molecule has 2 aromatic carbocycles. The summed E-state index contributed by atoms with van der Waals surface area (Å²) in [4.78, 5) is 17.3. The number of carbonyl (C=O) groups is 1. The molecule has 0 saturated carbocycles. The Bertz CT molecular complexity index is 1370. The molecule has 4 rings (SSSR count). The molecule has 182 valence electrons. The van der Waals surface area contributed by atoms with Crippen LogP contribution in [0.1, 0.15) is 31.9 Å². The highest BCUT2D eigenvalue weighted by Crippen LogP contribution is 2.34. The molecule has 0 aliphatic rings. The van der Waals surface area contributed by atoms with E-state index < -0.39 is 5.76 Å². The SMILES string of the molecule is Cc1cc(CC(=O)Nc2cnn(C(C)(C)C)c2)ccc1Oc1ccnc2ccc(SC(F)F)cc12. The summed E-state index contributed by atoms with van der Waals surface area (Å²) in [6.07, 6.45) is 5.27. The summed E-state index contributed by atoms with van der Waals surface area (Å²) in [5, 5.41) is 7.83. The number of alkyl halides is 2. The Hall–Kier alpha value is -3.46. The van der Waals surface area contributed by atoms with Crippen LogP contribution in [0.3, 0.4) is 0 Å². The summed E-state index contributed by atoms with van der Waals surface area (Å²) in [5.41, 5.74) is 2.82. The third kappa shape index (κ3) is 6.16. The van der Waals surface area contributed by atoms with E-state index in [2.05, 4.69) is 15.4 Å². The van der Waals surface area contributed by atoms with Gasteiger partial charge in [-0.2, -0.15) is 13.9 Å². The number of fused-ring (bicyclic) bond motifs is 1. The number of aryl methyl sites for hydroxylation is 1. The van der Waals surface area contributed by atoms with Crippen molar-refractivity contribution in [2.24, 2.45) is 0 Å². The van der Waals surface area contributed by atoms with Crippen molar-refractivity contribution in [3.63, 3.8) is 0 Å². The zero-order valence-electron chi connectivity index (χ0n) is 19.9. The number of hydrogen-bond acceptors (Lipinski definition) is 5. The van der Waals surface area contributed by atoms with Gasteiger partial charge in [-0.1, -0.05) is 23.9 Å². The largest absolute Gasteiger partial charge is 0.456 e. The predicted molar refractivity (Wildman–Crippen MR) is 134 cm³/mol. The molecule has 2 heterocycles. The molecule has 0 bridgehead atoms. The van der Waals surface area contributed by atoms with Crippen molar-refractivity contribution in [2.45, 2.75) is 50.3 Å². The summed E-state index contributed by atoms with van der Waals surface area (Å²) in [6, 6.07) is 12.2. The first kappa shape index (κ1) is 24.7. The van der Waals surface area contributed by atoms with Crippen molar-refractivity contribution in [1.82, 2.24) is 14.8 Å². The number of hydrogen-bond donors (Lipinski definition) is 1. The monoisotopic (exact) mass is 496 g/mol. The molecule has 0 aliphatic heterocycles. The smallest absolute Gasteiger partial charge is 0.288 e. The first-order valence-corrected chi connectivity index (χ1v) is 11.9. The summed E-state index contributed by atoms with van der Waals surface area (Å²) >= 11 is 0.482. The van der Waals surface area contributed by atoms with Crippen LogP contribution in [0.15, 0.2) is 66.0 Å². The number of aromatic nitrogens is 3. The van der Waals surface area contributed by atoms with Crippen molar-refractivity contribution < 1.29 is 18.3 Å². The van der Waals surface area contributed by atoms with Crippen molar-refractivity contribution >= 4 is 34.3 Å². The Morgan fingerprint density at radius 1 is 1.14 bits per heavy atom. The van der Waals surface area contributed by atoms with Crippen molar-refractivity contribution in [3.8, 4) is 11.5 Å². The molecule has 9 heteroatoms. The lowest BCUT2D eigenvalue weighted by atomic mass is 10.1. The normalized spacial score (nSPS) is 11.7. The molecule has 0 saturated heterocycles. The van der Waals surface area contributed by atoms with Gasteiger partial charge >= 0.3 is 0 Å². The zero-order valence-corrected chi connectivity index (χ0v) is 20.7. The molecular weight excluding hydrogens is 470 g/mol. The number of amides is 1. The van der Waals surface area contributed by atoms with Crippen LogP contribution in [0.25, 0.3) is 10.9 Å². The van der Waals surface area contributed by atoms with Crippen LogP contribution in [0.2, 0.25) is 0 Å². The van der Waals surface area contributed by atoms with Gasteiger partial charge in [0, 0.05) is 22.7 Å². The van der Waals surface area contributed by atoms with E-state index in [1.807, 2.05) is 46.0 Å². The Kier molecular flexibility index (Phi) is 7.07. The van der Waals surface area contributed by atoms with Gasteiger partial charge < -0.3 is 10.1 Å². The average Bonchev–Trinajstić information content (AvgIpc) is 3.24. The van der Waals surface area contributed by atoms with Crippen molar-refractivity contribution in [1.29, 1.82) is 0 Å². The molecule has 1 N–H and O–H groups in total. The first-order chi connectivity index (χ1) is 16.6. The summed E-state index contributed by atoms with van der Waals surface area (Å²) < 4.78 is 33.5. The number of anilines is 1. The summed E-state index contributed by atoms with van der Waals surface area (Å²) in [6.45, 7) is 8.00. The quantitative estimate of drug-likeness (QED) is 0.286. The van der Waals surface area contributed by atoms with Crippen molar-refractivity contribution in [2.75, 3.05) is 5.32 Å². The first-order valence-electron chi connectivity index (χ1n) is 11.0. The van der Waals surface area contributed by atoms with E-state index in [4.69, 9.17) is 4.74 Å². The minimum Gasteiger partial charge on any atom is -0.456 e. The maximum Gasteiger partial charge on any atom is 0.288 e. The zero-order chi connectivity index (χ0) is 25.2. The van der Waals surface area contributed by atoms with Crippen LogP contribution in [0, 0.1) is 6.92 Å². The van der Waals surface area contributed by atoms with Crippen LogP contribution >= 0.6 is 11.8 Å². The van der Waals surface area contributed by atoms with Crippen LogP contribution in [0.5, 0.6) is 11.5 Å². The number of thioether (sulfide) groups is 1. The number of ether oxygens (including phenoxy) is 1. The van der Waals surface area contributed by atoms with E-state index in [9.17, 15) is 13.6 Å². The molecule has 6 nitrogen and oxygen atoms in total. The number of carbonyl (C=O) groups excluding carboxylic acids is 1. The fourth-order valence-electron chi connectivity index (χ4n) is 3.56. The second-order valence-corrected chi connectivity index (χ2v) is 10.2. The van der Waals surface area contributed by atoms with E-state index in [-0.39, 0.29) is 17.9 Å². The minimum absolute atomic E-state index is 0.143. The molecule has 0 radical (unpaired) electrons. The van der Waals surface area contributed by atoms with Gasteiger partial charge in [-0.3, -0.25) is 14.5 Å². The van der Waals surface area contributed by atoms with E-state index in [0.717, 1.165) is 11.1 Å². The lowest BCUT2D eigenvalue weighted by Gasteiger charge is -2.18. The van der Waals surface area contributed by atoms with Gasteiger partial charge in [0.15, 0.2) is 0 Å². The van der Waals surface area contributed by atoms with Gasteiger partial charge in [0.25, 0.3) is 5.76 Å². The van der Waals surface area contributed by atoms with Crippen LogP contribution in [-0.2, 0) is 16.8 Å². The Labute approximate surface area is 206 Å². The van der Waals surface area contributed by atoms with E-state index in [0.29, 0.717) is 44.7 Å². The highest BCUT2D eigenvalue weighted by molar-refractivity contribution is 7.99. The number of nitrogens with zero attached hydrogens (tertiary/aromatic N) is 3. The summed E-state index contributed by atoms with van der Waals surface area (Å²) in [7, 11) is 0. The second kappa shape index (κ2) is 10.0.